The number of hydrogen-bond acceptors (Lipinski definition) is 5. The molecule has 2 aromatic carbocycles. The van der Waals surface area contributed by atoms with Crippen molar-refractivity contribution >= 4 is 11.4 Å². The molecular weight excluding hydrogens is 340 g/mol. The molecule has 4 N–H and O–H groups in total. The third-order valence-electron chi connectivity index (χ3n) is 3.64. The normalized spacial score (nSPS) is 9.70. The monoisotopic (exact) mass is 370 g/mol. The minimum Gasteiger partial charge on any atom is -0.505 e. The molecule has 0 saturated heterocycles. The minimum absolute atomic E-state index is 0.0977. The molecule has 0 bridgehead atoms. The average molecular weight is 370 g/mol. The van der Waals surface area contributed by atoms with Gasteiger partial charge in [-0.05, 0) is 26.0 Å². The van der Waals surface area contributed by atoms with Crippen LogP contribution < -0.4 is 10.6 Å². The maximum Gasteiger partial charge on any atom is 0.146 e. The molecule has 0 aliphatic heterocycles. The molecule has 27 heavy (non-hydrogen) atoms. The van der Waals surface area contributed by atoms with Gasteiger partial charge in [-0.15, -0.1) is 13.2 Å². The highest BCUT2D eigenvalue weighted by Gasteiger charge is 2.14. The maximum atomic E-state index is 10.4. The molecule has 0 atom stereocenters. The molecule has 2 rings (SSSR count). The van der Waals surface area contributed by atoms with Crippen molar-refractivity contribution in [2.24, 2.45) is 0 Å². The second-order valence-electron chi connectivity index (χ2n) is 5.52. The quantitative estimate of drug-likeness (QED) is 0.369. The van der Waals surface area contributed by atoms with E-state index in [4.69, 9.17) is 4.74 Å². The molecular formula is C22H30N2O3. The van der Waals surface area contributed by atoms with E-state index in [0.717, 1.165) is 13.2 Å². The van der Waals surface area contributed by atoms with Crippen LogP contribution in [0.1, 0.15) is 13.8 Å². The first-order valence-corrected chi connectivity index (χ1v) is 9.02. The second-order valence-corrected chi connectivity index (χ2v) is 5.52. The van der Waals surface area contributed by atoms with Gasteiger partial charge < -0.3 is 25.6 Å². The van der Waals surface area contributed by atoms with Gasteiger partial charge in [0.25, 0.3) is 0 Å². The van der Waals surface area contributed by atoms with E-state index in [2.05, 4.69) is 23.8 Å². The van der Waals surface area contributed by atoms with Crippen LogP contribution in [0.4, 0.5) is 11.4 Å². The number of para-hydroxylation sites is 2. The molecule has 146 valence electrons. The number of ether oxygens (including phenoxy) is 1. The predicted molar refractivity (Wildman–Crippen MR) is 115 cm³/mol. The zero-order valence-electron chi connectivity index (χ0n) is 16.2. The van der Waals surface area contributed by atoms with Crippen LogP contribution in [-0.4, -0.2) is 36.5 Å². The molecule has 0 amide bonds. The van der Waals surface area contributed by atoms with Crippen molar-refractivity contribution in [3.63, 3.8) is 0 Å². The number of aromatic hydroxyl groups is 2. The van der Waals surface area contributed by atoms with E-state index in [9.17, 15) is 10.2 Å². The van der Waals surface area contributed by atoms with Crippen LogP contribution >= 0.6 is 0 Å². The molecule has 0 unspecified atom stereocenters. The lowest BCUT2D eigenvalue weighted by molar-refractivity contribution is 0.162. The van der Waals surface area contributed by atoms with Gasteiger partial charge in [0, 0.05) is 37.4 Å². The van der Waals surface area contributed by atoms with Crippen molar-refractivity contribution in [3.8, 4) is 22.6 Å². The van der Waals surface area contributed by atoms with Gasteiger partial charge in [0.15, 0.2) is 0 Å². The summed E-state index contributed by atoms with van der Waals surface area (Å²) in [5, 5.41) is 27.0. The molecule has 0 aromatic heterocycles. The van der Waals surface area contributed by atoms with Crippen molar-refractivity contribution < 1.29 is 14.9 Å². The highest BCUT2D eigenvalue weighted by Crippen LogP contribution is 2.42. The van der Waals surface area contributed by atoms with E-state index in [1.807, 2.05) is 26.0 Å². The molecule has 0 radical (unpaired) electrons. The first kappa shape index (κ1) is 22.1. The van der Waals surface area contributed by atoms with E-state index in [-0.39, 0.29) is 11.5 Å². The fourth-order valence-corrected chi connectivity index (χ4v) is 2.38. The number of anilines is 2. The SMILES string of the molecule is C=CCNc1cccc(-c2cccc(NCC=C)c2O)c1O.CCOCC. The Morgan fingerprint density at radius 2 is 1.22 bits per heavy atom. The van der Waals surface area contributed by atoms with Crippen LogP contribution in [0, 0.1) is 0 Å². The van der Waals surface area contributed by atoms with E-state index in [1.54, 1.807) is 36.4 Å². The second kappa shape index (κ2) is 12.4. The third-order valence-corrected chi connectivity index (χ3v) is 3.64. The Balaban J connectivity index is 0.000000646. The summed E-state index contributed by atoms with van der Waals surface area (Å²) in [4.78, 5) is 0. The minimum atomic E-state index is 0.0977. The van der Waals surface area contributed by atoms with Crippen molar-refractivity contribution in [1.82, 2.24) is 0 Å². The summed E-state index contributed by atoms with van der Waals surface area (Å²) in [6.07, 6.45) is 3.42. The van der Waals surface area contributed by atoms with Crippen LogP contribution in [0.2, 0.25) is 0 Å². The van der Waals surface area contributed by atoms with E-state index in [0.29, 0.717) is 35.6 Å². The highest BCUT2D eigenvalue weighted by atomic mass is 16.5. The summed E-state index contributed by atoms with van der Waals surface area (Å²) in [6, 6.07) is 10.7. The summed E-state index contributed by atoms with van der Waals surface area (Å²) in [5.74, 6) is 0.195. The van der Waals surface area contributed by atoms with Gasteiger partial charge in [0.2, 0.25) is 0 Å². The van der Waals surface area contributed by atoms with Crippen molar-refractivity contribution in [3.05, 3.63) is 61.7 Å². The average Bonchev–Trinajstić information content (AvgIpc) is 2.68. The molecule has 0 saturated carbocycles. The van der Waals surface area contributed by atoms with Gasteiger partial charge in [-0.3, -0.25) is 0 Å². The lowest BCUT2D eigenvalue weighted by Gasteiger charge is -2.14. The van der Waals surface area contributed by atoms with Gasteiger partial charge in [-0.25, -0.2) is 0 Å². The lowest BCUT2D eigenvalue weighted by Crippen LogP contribution is -1.99. The predicted octanol–water partition coefficient (Wildman–Crippen LogP) is 5.00. The number of phenols is 2. The molecule has 0 heterocycles. The number of benzene rings is 2. The first-order valence-electron chi connectivity index (χ1n) is 9.02. The van der Waals surface area contributed by atoms with Gasteiger partial charge in [-0.1, -0.05) is 36.4 Å². The Kier molecular flexibility index (Phi) is 10.2. The smallest absolute Gasteiger partial charge is 0.146 e. The topological polar surface area (TPSA) is 73.8 Å². The molecule has 2 aromatic rings. The Morgan fingerprint density at radius 3 is 1.52 bits per heavy atom. The Labute approximate surface area is 162 Å². The van der Waals surface area contributed by atoms with Crippen molar-refractivity contribution in [2.75, 3.05) is 36.9 Å². The van der Waals surface area contributed by atoms with Crippen molar-refractivity contribution in [1.29, 1.82) is 0 Å². The molecule has 5 heteroatoms. The Hall–Kier alpha value is -2.92. The summed E-state index contributed by atoms with van der Waals surface area (Å²) in [6.45, 7) is 14.0. The molecule has 0 aliphatic carbocycles. The number of hydrogen-bond donors (Lipinski definition) is 4. The first-order chi connectivity index (χ1) is 13.1. The zero-order chi connectivity index (χ0) is 20.1. The third kappa shape index (κ3) is 6.72. The van der Waals surface area contributed by atoms with Gasteiger partial charge in [0.05, 0.1) is 11.4 Å². The summed E-state index contributed by atoms with van der Waals surface area (Å²) in [5.41, 5.74) is 2.32. The molecule has 5 nitrogen and oxygen atoms in total. The van der Waals surface area contributed by atoms with Crippen molar-refractivity contribution in [2.45, 2.75) is 13.8 Å². The lowest BCUT2D eigenvalue weighted by atomic mass is 10.0. The summed E-state index contributed by atoms with van der Waals surface area (Å²) < 4.78 is 4.83. The standard InChI is InChI=1S/C18H20N2O2.C4H10O/c1-3-11-19-15-9-5-7-13(17(15)21)14-8-6-10-16(18(14)22)20-12-4-2;1-3-5-4-2/h3-10,19-22H,1-2,11-12H2;3-4H2,1-2H3. The Morgan fingerprint density at radius 1 is 0.815 bits per heavy atom. The summed E-state index contributed by atoms with van der Waals surface area (Å²) >= 11 is 0. The number of phenolic OH excluding ortho intramolecular Hbond substituents is 2. The van der Waals surface area contributed by atoms with E-state index in [1.165, 1.54) is 0 Å². The largest absolute Gasteiger partial charge is 0.505 e. The molecule has 0 spiro atoms. The van der Waals surface area contributed by atoms with Crippen LogP contribution in [0.25, 0.3) is 11.1 Å². The van der Waals surface area contributed by atoms with Gasteiger partial charge >= 0.3 is 0 Å². The van der Waals surface area contributed by atoms with E-state index < -0.39 is 0 Å². The van der Waals surface area contributed by atoms with Crippen LogP contribution in [0.5, 0.6) is 11.5 Å². The van der Waals surface area contributed by atoms with E-state index >= 15 is 0 Å². The fourth-order valence-electron chi connectivity index (χ4n) is 2.38. The van der Waals surface area contributed by atoms with Crippen LogP contribution in [0.15, 0.2) is 61.7 Å². The van der Waals surface area contributed by atoms with Crippen LogP contribution in [-0.2, 0) is 4.74 Å². The fraction of sp³-hybridized carbons (Fsp3) is 0.273. The summed E-state index contributed by atoms with van der Waals surface area (Å²) in [7, 11) is 0. The maximum absolute atomic E-state index is 10.4. The highest BCUT2D eigenvalue weighted by molar-refractivity contribution is 5.84. The van der Waals surface area contributed by atoms with Crippen LogP contribution in [0.3, 0.4) is 0 Å². The zero-order valence-corrected chi connectivity index (χ0v) is 16.2. The number of nitrogens with one attached hydrogen (secondary N) is 2. The van der Waals surface area contributed by atoms with Gasteiger partial charge in [-0.2, -0.15) is 0 Å². The Bertz CT molecular complexity index is 668. The molecule has 0 aliphatic rings. The molecule has 0 fully saturated rings. The van der Waals surface area contributed by atoms with Gasteiger partial charge in [0.1, 0.15) is 11.5 Å². The number of rotatable bonds is 9.